The van der Waals surface area contributed by atoms with Gasteiger partial charge in [-0.2, -0.15) is 0 Å². The molecule has 0 spiro atoms. The zero-order valence-electron chi connectivity index (χ0n) is 8.55. The fourth-order valence-electron chi connectivity index (χ4n) is 1.78. The third-order valence-corrected chi connectivity index (χ3v) is 2.90. The minimum absolute atomic E-state index is 0.240. The number of halogens is 2. The van der Waals surface area contributed by atoms with Gasteiger partial charge in [-0.05, 0) is 36.5 Å². The van der Waals surface area contributed by atoms with Gasteiger partial charge in [0.15, 0.2) is 0 Å². The first-order valence-corrected chi connectivity index (χ1v) is 5.37. The van der Waals surface area contributed by atoms with Crippen LogP contribution in [-0.2, 0) is 0 Å². The molecule has 1 aliphatic rings. The largest absolute Gasteiger partial charge is 0.324 e. The number of nitrogens with two attached hydrogens (primary N) is 1. The maximum atomic E-state index is 12.9. The third-order valence-electron chi connectivity index (χ3n) is 2.90. The van der Waals surface area contributed by atoms with Crippen molar-refractivity contribution < 1.29 is 8.78 Å². The Morgan fingerprint density at radius 3 is 2.33 bits per heavy atom. The van der Waals surface area contributed by atoms with E-state index in [0.29, 0.717) is 5.56 Å². The predicted molar refractivity (Wildman–Crippen MR) is 55.2 cm³/mol. The molecule has 0 saturated heterocycles. The Balaban J connectivity index is 1.99. The molecule has 1 saturated carbocycles. The summed E-state index contributed by atoms with van der Waals surface area (Å²) in [5.74, 6) is -0.298. The second-order valence-corrected chi connectivity index (χ2v) is 4.33. The Hall–Kier alpha value is -0.960. The first-order valence-electron chi connectivity index (χ1n) is 5.37. The fraction of sp³-hybridized carbons (Fsp3) is 0.500. The number of benzene rings is 1. The van der Waals surface area contributed by atoms with Crippen molar-refractivity contribution in [1.82, 2.24) is 0 Å². The second-order valence-electron chi connectivity index (χ2n) is 4.33. The molecular formula is C12H15F2N. The van der Waals surface area contributed by atoms with E-state index in [1.165, 1.54) is 25.0 Å². The van der Waals surface area contributed by atoms with Crippen LogP contribution in [0.5, 0.6) is 0 Å². The molecular weight excluding hydrogens is 196 g/mol. The molecule has 2 rings (SSSR count). The summed E-state index contributed by atoms with van der Waals surface area (Å²) in [5.41, 5.74) is 6.44. The number of rotatable bonds is 4. The molecule has 0 aliphatic heterocycles. The van der Waals surface area contributed by atoms with Gasteiger partial charge in [-0.3, -0.25) is 0 Å². The van der Waals surface area contributed by atoms with Crippen molar-refractivity contribution in [3.8, 4) is 0 Å². The Kier molecular flexibility index (Phi) is 3.00. The van der Waals surface area contributed by atoms with Crippen LogP contribution in [0.1, 0.15) is 37.3 Å². The van der Waals surface area contributed by atoms with Gasteiger partial charge in [0, 0.05) is 12.1 Å². The highest BCUT2D eigenvalue weighted by molar-refractivity contribution is 5.21. The van der Waals surface area contributed by atoms with Crippen molar-refractivity contribution in [1.29, 1.82) is 0 Å². The van der Waals surface area contributed by atoms with E-state index in [2.05, 4.69) is 0 Å². The van der Waals surface area contributed by atoms with E-state index in [1.807, 2.05) is 0 Å². The van der Waals surface area contributed by atoms with Gasteiger partial charge in [-0.1, -0.05) is 12.8 Å². The summed E-state index contributed by atoms with van der Waals surface area (Å²) in [7, 11) is 0. The van der Waals surface area contributed by atoms with Crippen LogP contribution in [0, 0.1) is 17.6 Å². The monoisotopic (exact) mass is 211 g/mol. The summed E-state index contributed by atoms with van der Waals surface area (Å²) in [6.07, 6.45) is 4.45. The topological polar surface area (TPSA) is 26.0 Å². The van der Waals surface area contributed by atoms with Gasteiger partial charge in [-0.15, -0.1) is 0 Å². The van der Waals surface area contributed by atoms with Gasteiger partial charge >= 0.3 is 0 Å². The van der Waals surface area contributed by atoms with Crippen molar-refractivity contribution in [2.45, 2.75) is 31.7 Å². The van der Waals surface area contributed by atoms with E-state index in [4.69, 9.17) is 5.73 Å². The first kappa shape index (κ1) is 10.6. The lowest BCUT2D eigenvalue weighted by Crippen LogP contribution is -2.11. The molecule has 3 heteroatoms. The maximum absolute atomic E-state index is 12.9. The van der Waals surface area contributed by atoms with Crippen LogP contribution in [0.15, 0.2) is 18.2 Å². The van der Waals surface area contributed by atoms with E-state index in [-0.39, 0.29) is 6.04 Å². The van der Waals surface area contributed by atoms with Gasteiger partial charge in [0.1, 0.15) is 11.6 Å². The minimum atomic E-state index is -0.549. The molecule has 1 nitrogen and oxygen atoms in total. The average molecular weight is 211 g/mol. The molecule has 0 aromatic heterocycles. The van der Waals surface area contributed by atoms with Crippen LogP contribution in [0.25, 0.3) is 0 Å². The third kappa shape index (κ3) is 2.99. The summed E-state index contributed by atoms with van der Waals surface area (Å²) in [5, 5.41) is 0. The van der Waals surface area contributed by atoms with E-state index < -0.39 is 11.6 Å². The van der Waals surface area contributed by atoms with Gasteiger partial charge in [0.2, 0.25) is 0 Å². The quantitative estimate of drug-likeness (QED) is 0.813. The van der Waals surface area contributed by atoms with E-state index in [0.717, 1.165) is 24.8 Å². The van der Waals surface area contributed by atoms with Crippen molar-refractivity contribution in [2.75, 3.05) is 0 Å². The number of hydrogen-bond acceptors (Lipinski definition) is 1. The van der Waals surface area contributed by atoms with Crippen LogP contribution in [-0.4, -0.2) is 0 Å². The molecule has 1 fully saturated rings. The Bertz CT molecular complexity index is 327. The molecule has 1 aromatic carbocycles. The van der Waals surface area contributed by atoms with Crippen molar-refractivity contribution in [3.63, 3.8) is 0 Å². The molecule has 0 amide bonds. The summed E-state index contributed by atoms with van der Waals surface area (Å²) < 4.78 is 25.8. The highest BCUT2D eigenvalue weighted by atomic mass is 19.1. The van der Waals surface area contributed by atoms with Crippen molar-refractivity contribution in [2.24, 2.45) is 11.7 Å². The second kappa shape index (κ2) is 4.27. The lowest BCUT2D eigenvalue weighted by molar-refractivity contribution is 0.549. The van der Waals surface area contributed by atoms with Gasteiger partial charge in [0.25, 0.3) is 0 Å². The zero-order chi connectivity index (χ0) is 10.8. The van der Waals surface area contributed by atoms with Gasteiger partial charge in [-0.25, -0.2) is 8.78 Å². The molecule has 1 atom stereocenters. The van der Waals surface area contributed by atoms with Crippen LogP contribution in [0.4, 0.5) is 8.78 Å². The molecule has 2 N–H and O–H groups in total. The lowest BCUT2D eigenvalue weighted by atomic mass is 10.0. The van der Waals surface area contributed by atoms with Gasteiger partial charge in [0.05, 0.1) is 0 Å². The molecule has 15 heavy (non-hydrogen) atoms. The SMILES string of the molecule is NC(CCC1CC1)c1cc(F)cc(F)c1. The van der Waals surface area contributed by atoms with Crippen LogP contribution >= 0.6 is 0 Å². The molecule has 82 valence electrons. The molecule has 1 aliphatic carbocycles. The Morgan fingerprint density at radius 2 is 1.80 bits per heavy atom. The molecule has 1 unspecified atom stereocenters. The number of hydrogen-bond donors (Lipinski definition) is 1. The Labute approximate surface area is 88.3 Å². The minimum Gasteiger partial charge on any atom is -0.324 e. The summed E-state index contributed by atoms with van der Waals surface area (Å²) in [6.45, 7) is 0. The molecule has 0 bridgehead atoms. The summed E-state index contributed by atoms with van der Waals surface area (Å²) in [6, 6.07) is 3.27. The van der Waals surface area contributed by atoms with E-state index in [9.17, 15) is 8.78 Å². The lowest BCUT2D eigenvalue weighted by Gasteiger charge is -2.11. The highest BCUT2D eigenvalue weighted by Gasteiger charge is 2.22. The van der Waals surface area contributed by atoms with Crippen molar-refractivity contribution in [3.05, 3.63) is 35.4 Å². The van der Waals surface area contributed by atoms with Crippen LogP contribution in [0.3, 0.4) is 0 Å². The standard InChI is InChI=1S/C12H15F2N/c13-10-5-9(6-11(14)7-10)12(15)4-3-8-1-2-8/h5-8,12H,1-4,15H2. The predicted octanol–water partition coefficient (Wildman–Crippen LogP) is 3.15. The summed E-state index contributed by atoms with van der Waals surface area (Å²) >= 11 is 0. The first-order chi connectivity index (χ1) is 7.15. The summed E-state index contributed by atoms with van der Waals surface area (Å²) in [4.78, 5) is 0. The van der Waals surface area contributed by atoms with Crippen LogP contribution < -0.4 is 5.73 Å². The smallest absolute Gasteiger partial charge is 0.126 e. The van der Waals surface area contributed by atoms with Crippen LogP contribution in [0.2, 0.25) is 0 Å². The van der Waals surface area contributed by atoms with E-state index in [1.54, 1.807) is 0 Å². The normalized spacial score (nSPS) is 17.8. The average Bonchev–Trinajstić information content (AvgIpc) is 2.96. The molecule has 0 radical (unpaired) electrons. The highest BCUT2D eigenvalue weighted by Crippen LogP contribution is 2.35. The zero-order valence-corrected chi connectivity index (χ0v) is 8.55. The molecule has 0 heterocycles. The van der Waals surface area contributed by atoms with Crippen molar-refractivity contribution >= 4 is 0 Å². The maximum Gasteiger partial charge on any atom is 0.126 e. The van der Waals surface area contributed by atoms with E-state index >= 15 is 0 Å². The molecule has 1 aromatic rings. The Morgan fingerprint density at radius 1 is 1.20 bits per heavy atom. The fourth-order valence-corrected chi connectivity index (χ4v) is 1.78. The van der Waals surface area contributed by atoms with Gasteiger partial charge < -0.3 is 5.73 Å².